The Hall–Kier alpha value is -1.74. The van der Waals surface area contributed by atoms with E-state index in [1.54, 1.807) is 0 Å². The van der Waals surface area contributed by atoms with Crippen molar-refractivity contribution >= 4 is 21.6 Å². The van der Waals surface area contributed by atoms with E-state index in [2.05, 4.69) is 0 Å². The van der Waals surface area contributed by atoms with Gasteiger partial charge in [-0.1, -0.05) is 0 Å². The first-order chi connectivity index (χ1) is 8.74. The van der Waals surface area contributed by atoms with Gasteiger partial charge >= 0.3 is 0 Å². The Morgan fingerprint density at radius 1 is 1.26 bits per heavy atom. The van der Waals surface area contributed by atoms with E-state index in [4.69, 9.17) is 11.5 Å². The van der Waals surface area contributed by atoms with Crippen molar-refractivity contribution in [1.82, 2.24) is 4.72 Å². The summed E-state index contributed by atoms with van der Waals surface area (Å²) in [6.07, 6.45) is 0.0992. The number of carbonyl (C=O) groups is 1. The molecule has 19 heavy (non-hydrogen) atoms. The Morgan fingerprint density at radius 2 is 1.79 bits per heavy atom. The Labute approximate surface area is 108 Å². The minimum Gasteiger partial charge on any atom is -0.399 e. The highest BCUT2D eigenvalue weighted by Gasteiger charge is 2.24. The van der Waals surface area contributed by atoms with Crippen molar-refractivity contribution in [3.8, 4) is 0 Å². The maximum Gasteiger partial charge on any atom is 0.246 e. The first-order valence-electron chi connectivity index (χ1n) is 5.26. The normalized spacial score (nSPS) is 11.5. The number of anilines is 1. The van der Waals surface area contributed by atoms with E-state index in [-0.39, 0.29) is 25.1 Å². The number of primary amides is 1. The van der Waals surface area contributed by atoms with Gasteiger partial charge in [0.05, 0.1) is 0 Å². The molecule has 6 nitrogen and oxygen atoms in total. The van der Waals surface area contributed by atoms with Crippen LogP contribution in [0, 0.1) is 11.6 Å². The van der Waals surface area contributed by atoms with Gasteiger partial charge in [-0.3, -0.25) is 4.79 Å². The number of nitrogen functional groups attached to an aromatic ring is 1. The van der Waals surface area contributed by atoms with Gasteiger partial charge < -0.3 is 11.5 Å². The number of halogens is 2. The fraction of sp³-hybridized carbons (Fsp3) is 0.300. The third-order valence-electron chi connectivity index (χ3n) is 2.18. The molecular weight excluding hydrogens is 280 g/mol. The van der Waals surface area contributed by atoms with Crippen molar-refractivity contribution in [1.29, 1.82) is 0 Å². The summed E-state index contributed by atoms with van der Waals surface area (Å²) in [6.45, 7) is -0.158. The van der Waals surface area contributed by atoms with Gasteiger partial charge in [-0.25, -0.2) is 21.9 Å². The molecule has 0 bridgehead atoms. The van der Waals surface area contributed by atoms with E-state index in [9.17, 15) is 22.0 Å². The lowest BCUT2D eigenvalue weighted by molar-refractivity contribution is -0.118. The number of nitrogens with one attached hydrogen (secondary N) is 1. The molecule has 5 N–H and O–H groups in total. The molecule has 0 heterocycles. The molecule has 1 amide bonds. The minimum absolute atomic E-state index is 0.0325. The molecule has 0 saturated carbocycles. The first-order valence-corrected chi connectivity index (χ1v) is 6.75. The summed E-state index contributed by atoms with van der Waals surface area (Å²) in [5.74, 6) is -3.15. The molecule has 0 aromatic heterocycles. The lowest BCUT2D eigenvalue weighted by Gasteiger charge is -2.08. The predicted molar refractivity (Wildman–Crippen MR) is 64.4 cm³/mol. The summed E-state index contributed by atoms with van der Waals surface area (Å²) in [5.41, 5.74) is 9.83. The largest absolute Gasteiger partial charge is 0.399 e. The monoisotopic (exact) mass is 293 g/mol. The van der Waals surface area contributed by atoms with Crippen LogP contribution in [0.15, 0.2) is 17.0 Å². The topological polar surface area (TPSA) is 115 Å². The van der Waals surface area contributed by atoms with Gasteiger partial charge in [0, 0.05) is 18.7 Å². The fourth-order valence-electron chi connectivity index (χ4n) is 1.38. The van der Waals surface area contributed by atoms with E-state index in [1.165, 1.54) is 0 Å². The van der Waals surface area contributed by atoms with Gasteiger partial charge in [0.15, 0.2) is 4.90 Å². The highest BCUT2D eigenvalue weighted by atomic mass is 32.2. The van der Waals surface area contributed by atoms with Gasteiger partial charge in [0.1, 0.15) is 11.6 Å². The summed E-state index contributed by atoms with van der Waals surface area (Å²) >= 11 is 0. The van der Waals surface area contributed by atoms with Crippen LogP contribution in [-0.2, 0) is 14.8 Å². The summed E-state index contributed by atoms with van der Waals surface area (Å²) < 4.78 is 52.2. The Balaban J connectivity index is 2.86. The van der Waals surface area contributed by atoms with Gasteiger partial charge in [0.2, 0.25) is 15.9 Å². The molecular formula is C10H13F2N3O3S. The zero-order valence-corrected chi connectivity index (χ0v) is 10.6. The summed E-state index contributed by atoms with van der Waals surface area (Å²) in [6, 6.07) is 1.42. The number of rotatable bonds is 6. The molecule has 0 radical (unpaired) electrons. The van der Waals surface area contributed by atoms with Crippen LogP contribution in [0.4, 0.5) is 14.5 Å². The molecule has 9 heteroatoms. The molecule has 1 rings (SSSR count). The lowest BCUT2D eigenvalue weighted by atomic mass is 10.3. The molecule has 0 saturated heterocycles. The molecule has 0 aliphatic heterocycles. The van der Waals surface area contributed by atoms with Gasteiger partial charge in [-0.2, -0.15) is 0 Å². The molecule has 1 aromatic rings. The van der Waals surface area contributed by atoms with Crippen LogP contribution < -0.4 is 16.2 Å². The number of carbonyl (C=O) groups excluding carboxylic acids is 1. The second-order valence-corrected chi connectivity index (χ2v) is 5.49. The standard InChI is InChI=1S/C10H13F2N3O3S/c11-7-4-6(13)5-8(12)10(7)19(17,18)15-3-1-2-9(14)16/h4-5,15H,1-3,13H2,(H2,14,16). The number of nitrogens with two attached hydrogens (primary N) is 2. The molecule has 1 aromatic carbocycles. The van der Waals surface area contributed by atoms with Crippen LogP contribution in [-0.4, -0.2) is 20.9 Å². The van der Waals surface area contributed by atoms with E-state index in [1.807, 2.05) is 4.72 Å². The smallest absolute Gasteiger partial charge is 0.246 e. The fourth-order valence-corrected chi connectivity index (χ4v) is 2.57. The molecule has 106 valence electrons. The average molecular weight is 293 g/mol. The first kappa shape index (κ1) is 15.3. The molecule has 0 unspecified atom stereocenters. The Morgan fingerprint density at radius 3 is 2.26 bits per heavy atom. The second-order valence-electron chi connectivity index (χ2n) is 3.78. The number of hydrogen-bond donors (Lipinski definition) is 3. The summed E-state index contributed by atoms with van der Waals surface area (Å²) in [5, 5.41) is 0. The second kappa shape index (κ2) is 5.93. The highest BCUT2D eigenvalue weighted by molar-refractivity contribution is 7.89. The van der Waals surface area contributed by atoms with Crippen molar-refractivity contribution in [3.63, 3.8) is 0 Å². The number of amides is 1. The number of hydrogen-bond acceptors (Lipinski definition) is 4. The zero-order chi connectivity index (χ0) is 14.6. The Bertz CT molecular complexity index is 567. The molecule has 0 fully saturated rings. The molecule has 0 spiro atoms. The van der Waals surface area contributed by atoms with Crippen molar-refractivity contribution in [2.24, 2.45) is 5.73 Å². The molecule has 0 aliphatic rings. The van der Waals surface area contributed by atoms with Crippen molar-refractivity contribution in [3.05, 3.63) is 23.8 Å². The highest BCUT2D eigenvalue weighted by Crippen LogP contribution is 2.21. The lowest BCUT2D eigenvalue weighted by Crippen LogP contribution is -2.27. The van der Waals surface area contributed by atoms with Gasteiger partial charge in [-0.15, -0.1) is 0 Å². The van der Waals surface area contributed by atoms with Crippen LogP contribution in [0.5, 0.6) is 0 Å². The van der Waals surface area contributed by atoms with Crippen LogP contribution >= 0.6 is 0 Å². The van der Waals surface area contributed by atoms with Crippen molar-refractivity contribution in [2.45, 2.75) is 17.7 Å². The van der Waals surface area contributed by atoms with Crippen molar-refractivity contribution < 1.29 is 22.0 Å². The van der Waals surface area contributed by atoms with Gasteiger partial charge in [-0.05, 0) is 18.6 Å². The maximum atomic E-state index is 13.4. The number of sulfonamides is 1. The quantitative estimate of drug-likeness (QED) is 0.509. The van der Waals surface area contributed by atoms with Crippen molar-refractivity contribution in [2.75, 3.05) is 12.3 Å². The van der Waals surface area contributed by atoms with E-state index >= 15 is 0 Å². The minimum atomic E-state index is -4.34. The zero-order valence-electron chi connectivity index (χ0n) is 9.82. The SMILES string of the molecule is NC(=O)CCCNS(=O)(=O)c1c(F)cc(N)cc1F. The summed E-state index contributed by atoms with van der Waals surface area (Å²) in [7, 11) is -4.34. The molecule has 0 atom stereocenters. The van der Waals surface area contributed by atoms with Crippen LogP contribution in [0.2, 0.25) is 0 Å². The van der Waals surface area contributed by atoms with E-state index < -0.39 is 32.5 Å². The van der Waals surface area contributed by atoms with Crippen LogP contribution in [0.3, 0.4) is 0 Å². The van der Waals surface area contributed by atoms with E-state index in [0.717, 1.165) is 0 Å². The molecule has 0 aliphatic carbocycles. The van der Waals surface area contributed by atoms with Crippen LogP contribution in [0.25, 0.3) is 0 Å². The number of benzene rings is 1. The van der Waals surface area contributed by atoms with E-state index in [0.29, 0.717) is 12.1 Å². The maximum absolute atomic E-state index is 13.4. The van der Waals surface area contributed by atoms with Gasteiger partial charge in [0.25, 0.3) is 0 Å². The Kier molecular flexibility index (Phi) is 4.78. The summed E-state index contributed by atoms with van der Waals surface area (Å²) in [4.78, 5) is 9.35. The van der Waals surface area contributed by atoms with Crippen LogP contribution in [0.1, 0.15) is 12.8 Å². The predicted octanol–water partition coefficient (Wildman–Crippen LogP) is 0.0908. The third kappa shape index (κ3) is 4.14. The average Bonchev–Trinajstić information content (AvgIpc) is 2.22. The third-order valence-corrected chi connectivity index (χ3v) is 3.69.